The SMILES string of the molecule is CCc1ccc(C(=O)C(=O)CC(=O)O)cc1. The molecule has 1 N–H and O–H groups in total. The Labute approximate surface area is 92.9 Å². The molecule has 0 aliphatic carbocycles. The summed E-state index contributed by atoms with van der Waals surface area (Å²) < 4.78 is 0. The van der Waals surface area contributed by atoms with Crippen LogP contribution in [0.3, 0.4) is 0 Å². The summed E-state index contributed by atoms with van der Waals surface area (Å²) >= 11 is 0. The average molecular weight is 220 g/mol. The third-order valence-corrected chi connectivity index (χ3v) is 2.19. The number of Topliss-reactive ketones (excluding diaryl/α,β-unsaturated/α-hetero) is 2. The third-order valence-electron chi connectivity index (χ3n) is 2.19. The second kappa shape index (κ2) is 5.21. The largest absolute Gasteiger partial charge is 0.481 e. The monoisotopic (exact) mass is 220 g/mol. The van der Waals surface area contributed by atoms with Crippen molar-refractivity contribution in [3.05, 3.63) is 35.4 Å². The summed E-state index contributed by atoms with van der Waals surface area (Å²) in [6.07, 6.45) is 0.0892. The van der Waals surface area contributed by atoms with Crippen molar-refractivity contribution < 1.29 is 19.5 Å². The van der Waals surface area contributed by atoms with Crippen LogP contribution in [-0.4, -0.2) is 22.6 Å². The maximum Gasteiger partial charge on any atom is 0.311 e. The zero-order chi connectivity index (χ0) is 12.1. The lowest BCUT2D eigenvalue weighted by Crippen LogP contribution is -2.17. The van der Waals surface area contributed by atoms with Crippen LogP contribution >= 0.6 is 0 Å². The fourth-order valence-electron chi connectivity index (χ4n) is 1.27. The van der Waals surface area contributed by atoms with Crippen molar-refractivity contribution in [1.29, 1.82) is 0 Å². The highest BCUT2D eigenvalue weighted by Crippen LogP contribution is 2.07. The Morgan fingerprint density at radius 2 is 1.69 bits per heavy atom. The molecule has 0 saturated heterocycles. The number of carboxylic acids is 1. The van der Waals surface area contributed by atoms with Crippen molar-refractivity contribution in [2.24, 2.45) is 0 Å². The number of rotatable bonds is 5. The lowest BCUT2D eigenvalue weighted by molar-refractivity contribution is -0.139. The van der Waals surface area contributed by atoms with Gasteiger partial charge in [0.05, 0.1) is 0 Å². The van der Waals surface area contributed by atoms with Crippen molar-refractivity contribution >= 4 is 17.5 Å². The summed E-state index contributed by atoms with van der Waals surface area (Å²) in [7, 11) is 0. The van der Waals surface area contributed by atoms with Crippen LogP contribution in [0.4, 0.5) is 0 Å². The summed E-state index contributed by atoms with van der Waals surface area (Å²) in [6.45, 7) is 1.98. The molecule has 0 spiro atoms. The first kappa shape index (κ1) is 12.1. The number of ketones is 2. The molecule has 0 aliphatic heterocycles. The molecular formula is C12H12O4. The molecule has 1 rings (SSSR count). The second-order valence-electron chi connectivity index (χ2n) is 3.37. The molecule has 0 unspecified atom stereocenters. The van der Waals surface area contributed by atoms with E-state index in [1.165, 1.54) is 0 Å². The summed E-state index contributed by atoms with van der Waals surface area (Å²) in [5, 5.41) is 8.39. The van der Waals surface area contributed by atoms with E-state index in [0.717, 1.165) is 12.0 Å². The molecule has 1 aromatic carbocycles. The minimum Gasteiger partial charge on any atom is -0.481 e. The fraction of sp³-hybridized carbons (Fsp3) is 0.250. The molecule has 0 bridgehead atoms. The number of carboxylic acid groups (broad SMARTS) is 1. The van der Waals surface area contributed by atoms with Gasteiger partial charge in [-0.2, -0.15) is 0 Å². The Kier molecular flexibility index (Phi) is 3.94. The summed E-state index contributed by atoms with van der Waals surface area (Å²) in [4.78, 5) is 32.9. The Hall–Kier alpha value is -1.97. The van der Waals surface area contributed by atoms with Gasteiger partial charge in [-0.1, -0.05) is 31.2 Å². The van der Waals surface area contributed by atoms with Gasteiger partial charge < -0.3 is 5.11 Å². The summed E-state index contributed by atoms with van der Waals surface area (Å²) in [6, 6.07) is 6.59. The van der Waals surface area contributed by atoms with Crippen molar-refractivity contribution in [1.82, 2.24) is 0 Å². The van der Waals surface area contributed by atoms with Crippen LogP contribution < -0.4 is 0 Å². The van der Waals surface area contributed by atoms with E-state index in [2.05, 4.69) is 0 Å². The van der Waals surface area contributed by atoms with Gasteiger partial charge in [-0.3, -0.25) is 14.4 Å². The molecule has 4 heteroatoms. The van der Waals surface area contributed by atoms with Gasteiger partial charge in [-0.15, -0.1) is 0 Å². The Morgan fingerprint density at radius 3 is 2.12 bits per heavy atom. The van der Waals surface area contributed by atoms with E-state index in [0.29, 0.717) is 0 Å². The zero-order valence-electron chi connectivity index (χ0n) is 8.90. The highest BCUT2D eigenvalue weighted by atomic mass is 16.4. The predicted octanol–water partition coefficient (Wildman–Crippen LogP) is 1.48. The molecule has 4 nitrogen and oxygen atoms in total. The van der Waals surface area contributed by atoms with Crippen molar-refractivity contribution in [2.45, 2.75) is 19.8 Å². The van der Waals surface area contributed by atoms with Gasteiger partial charge in [0.2, 0.25) is 11.6 Å². The standard InChI is InChI=1S/C12H12O4/c1-2-8-3-5-9(6-4-8)12(16)10(13)7-11(14)15/h3-6H,2,7H2,1H3,(H,14,15). The van der Waals surface area contributed by atoms with Gasteiger partial charge in [-0.25, -0.2) is 0 Å². The molecule has 84 valence electrons. The molecule has 0 fully saturated rings. The average Bonchev–Trinajstić information content (AvgIpc) is 2.27. The van der Waals surface area contributed by atoms with Crippen LogP contribution in [0.5, 0.6) is 0 Å². The quantitative estimate of drug-likeness (QED) is 0.463. The summed E-state index contributed by atoms with van der Waals surface area (Å²) in [5.74, 6) is -2.93. The normalized spacial score (nSPS) is 9.81. The molecule has 0 aliphatic rings. The molecule has 0 saturated carbocycles. The van der Waals surface area contributed by atoms with Crippen LogP contribution in [0.2, 0.25) is 0 Å². The highest BCUT2D eigenvalue weighted by molar-refractivity contribution is 6.45. The molecule has 0 radical (unpaired) electrons. The maximum atomic E-state index is 11.5. The predicted molar refractivity (Wildman–Crippen MR) is 57.4 cm³/mol. The summed E-state index contributed by atoms with van der Waals surface area (Å²) in [5.41, 5.74) is 1.30. The van der Waals surface area contributed by atoms with Crippen LogP contribution in [0.25, 0.3) is 0 Å². The first-order valence-corrected chi connectivity index (χ1v) is 4.93. The Bertz CT molecular complexity index is 417. The molecule has 1 aromatic rings. The molecule has 0 amide bonds. The van der Waals surface area contributed by atoms with E-state index in [1.807, 2.05) is 6.92 Å². The van der Waals surface area contributed by atoms with E-state index >= 15 is 0 Å². The maximum absolute atomic E-state index is 11.5. The Balaban J connectivity index is 2.80. The number of carbonyl (C=O) groups excluding carboxylic acids is 2. The molecule has 0 atom stereocenters. The van der Waals surface area contributed by atoms with Crippen molar-refractivity contribution in [3.8, 4) is 0 Å². The number of hydrogen-bond acceptors (Lipinski definition) is 3. The van der Waals surface area contributed by atoms with Gasteiger partial charge >= 0.3 is 5.97 Å². The van der Waals surface area contributed by atoms with Crippen LogP contribution in [0.15, 0.2) is 24.3 Å². The van der Waals surface area contributed by atoms with Gasteiger partial charge in [0.25, 0.3) is 0 Å². The topological polar surface area (TPSA) is 71.4 Å². The number of hydrogen-bond donors (Lipinski definition) is 1. The van der Waals surface area contributed by atoms with Gasteiger partial charge in [0, 0.05) is 5.56 Å². The van der Waals surface area contributed by atoms with Crippen LogP contribution in [0, 0.1) is 0 Å². The van der Waals surface area contributed by atoms with E-state index in [4.69, 9.17) is 5.11 Å². The van der Waals surface area contributed by atoms with Crippen LogP contribution in [0.1, 0.15) is 29.3 Å². The van der Waals surface area contributed by atoms with Crippen molar-refractivity contribution in [3.63, 3.8) is 0 Å². The van der Waals surface area contributed by atoms with E-state index in [1.54, 1.807) is 24.3 Å². The molecule has 0 aromatic heterocycles. The fourth-order valence-corrected chi connectivity index (χ4v) is 1.27. The van der Waals surface area contributed by atoms with E-state index < -0.39 is 24.0 Å². The van der Waals surface area contributed by atoms with Gasteiger partial charge in [-0.05, 0) is 12.0 Å². The van der Waals surface area contributed by atoms with E-state index in [9.17, 15) is 14.4 Å². The molecular weight excluding hydrogens is 208 g/mol. The van der Waals surface area contributed by atoms with Gasteiger partial charge in [0.15, 0.2) is 0 Å². The molecule has 16 heavy (non-hydrogen) atoms. The van der Waals surface area contributed by atoms with Gasteiger partial charge in [0.1, 0.15) is 6.42 Å². The first-order chi connectivity index (χ1) is 7.54. The minimum absolute atomic E-state index is 0.239. The lowest BCUT2D eigenvalue weighted by Gasteiger charge is -2.00. The zero-order valence-corrected chi connectivity index (χ0v) is 8.90. The number of carbonyl (C=O) groups is 3. The Morgan fingerprint density at radius 1 is 1.12 bits per heavy atom. The van der Waals surface area contributed by atoms with Crippen molar-refractivity contribution in [2.75, 3.05) is 0 Å². The number of aryl methyl sites for hydroxylation is 1. The first-order valence-electron chi connectivity index (χ1n) is 4.93. The number of aliphatic carboxylic acids is 1. The third kappa shape index (κ3) is 3.02. The molecule has 0 heterocycles. The minimum atomic E-state index is -1.29. The smallest absolute Gasteiger partial charge is 0.311 e. The highest BCUT2D eigenvalue weighted by Gasteiger charge is 2.18. The number of benzene rings is 1. The van der Waals surface area contributed by atoms with Crippen LogP contribution in [-0.2, 0) is 16.0 Å². The second-order valence-corrected chi connectivity index (χ2v) is 3.37. The lowest BCUT2D eigenvalue weighted by atomic mass is 10.0. The van der Waals surface area contributed by atoms with E-state index in [-0.39, 0.29) is 5.56 Å².